The lowest BCUT2D eigenvalue weighted by molar-refractivity contribution is 0.0694. The van der Waals surface area contributed by atoms with Crippen molar-refractivity contribution in [2.75, 3.05) is 32.1 Å². The molecule has 2 aromatic rings. The van der Waals surface area contributed by atoms with Crippen LogP contribution in [0.5, 0.6) is 5.75 Å². The molecule has 0 radical (unpaired) electrons. The van der Waals surface area contributed by atoms with E-state index in [-0.39, 0.29) is 28.5 Å². The predicted octanol–water partition coefficient (Wildman–Crippen LogP) is 1.55. The Bertz CT molecular complexity index is 1000. The molecule has 0 spiro atoms. The van der Waals surface area contributed by atoms with Gasteiger partial charge in [0.25, 0.3) is 0 Å². The van der Waals surface area contributed by atoms with Crippen molar-refractivity contribution in [1.29, 1.82) is 0 Å². The molecule has 1 saturated heterocycles. The number of halogens is 1. The van der Waals surface area contributed by atoms with Gasteiger partial charge in [0.2, 0.25) is 5.43 Å². The molecular formula is C20H26FN3O5. The second kappa shape index (κ2) is 8.00. The Hall–Kier alpha value is -2.65. The van der Waals surface area contributed by atoms with Crippen molar-refractivity contribution in [3.05, 3.63) is 33.9 Å². The third kappa shape index (κ3) is 3.56. The fourth-order valence-electron chi connectivity index (χ4n) is 4.14. The van der Waals surface area contributed by atoms with Crippen LogP contribution in [0.25, 0.3) is 10.9 Å². The van der Waals surface area contributed by atoms with Crippen molar-refractivity contribution in [1.82, 2.24) is 9.88 Å². The number of pyridine rings is 1. The first-order valence-corrected chi connectivity index (χ1v) is 9.57. The first-order chi connectivity index (χ1) is 13.5. The lowest BCUT2D eigenvalue weighted by Gasteiger charge is -2.35. The van der Waals surface area contributed by atoms with Gasteiger partial charge in [0.1, 0.15) is 11.3 Å². The van der Waals surface area contributed by atoms with Gasteiger partial charge in [-0.05, 0) is 38.8 Å². The van der Waals surface area contributed by atoms with Gasteiger partial charge in [-0.15, -0.1) is 0 Å². The molecule has 9 heteroatoms. The summed E-state index contributed by atoms with van der Waals surface area (Å²) in [5.74, 6) is -1.58. The number of fused-ring (bicyclic) bond motifs is 1. The van der Waals surface area contributed by atoms with E-state index in [1.54, 1.807) is 4.57 Å². The Labute approximate surface area is 167 Å². The molecule has 1 aliphatic carbocycles. The van der Waals surface area contributed by atoms with Crippen molar-refractivity contribution in [3.8, 4) is 5.75 Å². The van der Waals surface area contributed by atoms with Crippen LogP contribution in [0.15, 0.2) is 17.1 Å². The molecule has 0 bridgehead atoms. The largest absolute Gasteiger partial charge is 0.492 e. The van der Waals surface area contributed by atoms with Gasteiger partial charge in [0.15, 0.2) is 11.6 Å². The highest BCUT2D eigenvalue weighted by Crippen LogP contribution is 2.44. The number of likely N-dealkylation sites (N-methyl/N-ethyl adjacent to an activating group) is 1. The summed E-state index contributed by atoms with van der Waals surface area (Å²) in [5, 5.41) is 12.7. The minimum absolute atomic E-state index is 0. The molecule has 4 rings (SSSR count). The Morgan fingerprint density at radius 2 is 2.07 bits per heavy atom. The molecule has 158 valence electrons. The first-order valence-electron chi connectivity index (χ1n) is 9.57. The monoisotopic (exact) mass is 407 g/mol. The van der Waals surface area contributed by atoms with Crippen molar-refractivity contribution >= 4 is 22.6 Å². The van der Waals surface area contributed by atoms with E-state index in [2.05, 4.69) is 5.32 Å². The number of benzene rings is 1. The van der Waals surface area contributed by atoms with Crippen LogP contribution in [0, 0.1) is 5.82 Å². The zero-order valence-electron chi connectivity index (χ0n) is 16.5. The highest BCUT2D eigenvalue weighted by Gasteiger charge is 2.32. The van der Waals surface area contributed by atoms with Crippen LogP contribution >= 0.6 is 0 Å². The molecule has 2 fully saturated rings. The van der Waals surface area contributed by atoms with E-state index in [1.807, 2.05) is 11.9 Å². The molecule has 29 heavy (non-hydrogen) atoms. The zero-order valence-corrected chi connectivity index (χ0v) is 16.5. The van der Waals surface area contributed by atoms with E-state index in [0.29, 0.717) is 30.0 Å². The molecule has 1 saturated carbocycles. The minimum atomic E-state index is -1.31. The van der Waals surface area contributed by atoms with E-state index in [1.165, 1.54) is 19.4 Å². The molecule has 2 aliphatic rings. The summed E-state index contributed by atoms with van der Waals surface area (Å²) >= 11 is 0. The van der Waals surface area contributed by atoms with Gasteiger partial charge in [-0.25, -0.2) is 9.18 Å². The molecule has 1 unspecified atom stereocenters. The predicted molar refractivity (Wildman–Crippen MR) is 108 cm³/mol. The molecule has 8 nitrogen and oxygen atoms in total. The number of hydrogen-bond donors (Lipinski definition) is 2. The van der Waals surface area contributed by atoms with E-state index in [4.69, 9.17) is 4.74 Å². The van der Waals surface area contributed by atoms with Crippen LogP contribution in [-0.4, -0.2) is 54.4 Å². The molecule has 4 N–H and O–H groups in total. The number of nitrogens with one attached hydrogen (secondary N) is 1. The maximum Gasteiger partial charge on any atom is 0.341 e. The number of piperidine rings is 1. The summed E-state index contributed by atoms with van der Waals surface area (Å²) in [6, 6.07) is 1.51. The number of anilines is 1. The van der Waals surface area contributed by atoms with E-state index in [0.717, 1.165) is 25.7 Å². The summed E-state index contributed by atoms with van der Waals surface area (Å²) < 4.78 is 22.6. The maximum absolute atomic E-state index is 15.2. The number of rotatable bonds is 5. The van der Waals surface area contributed by atoms with Crippen molar-refractivity contribution in [2.45, 2.75) is 37.8 Å². The van der Waals surface area contributed by atoms with Gasteiger partial charge in [-0.1, -0.05) is 0 Å². The molecule has 1 aromatic carbocycles. The molecule has 0 amide bonds. The van der Waals surface area contributed by atoms with Crippen LogP contribution in [0.1, 0.15) is 42.1 Å². The normalized spacial score (nSPS) is 19.1. The van der Waals surface area contributed by atoms with Gasteiger partial charge in [0, 0.05) is 31.4 Å². The smallest absolute Gasteiger partial charge is 0.341 e. The fourth-order valence-corrected chi connectivity index (χ4v) is 4.14. The summed E-state index contributed by atoms with van der Waals surface area (Å²) in [5.41, 5.74) is -0.216. The Kier molecular flexibility index (Phi) is 5.81. The van der Waals surface area contributed by atoms with Crippen LogP contribution in [0.4, 0.5) is 10.1 Å². The lowest BCUT2D eigenvalue weighted by atomic mass is 10.0. The number of ether oxygens (including phenoxy) is 1. The van der Waals surface area contributed by atoms with Crippen molar-refractivity contribution < 1.29 is 24.5 Å². The molecular weight excluding hydrogens is 381 g/mol. The fraction of sp³-hybridized carbons (Fsp3) is 0.500. The third-order valence-electron chi connectivity index (χ3n) is 5.72. The third-order valence-corrected chi connectivity index (χ3v) is 5.72. The number of carbonyl (C=O) groups is 1. The van der Waals surface area contributed by atoms with Crippen molar-refractivity contribution in [2.24, 2.45) is 0 Å². The van der Waals surface area contributed by atoms with Gasteiger partial charge >= 0.3 is 5.97 Å². The number of nitrogens with zero attached hydrogens (tertiary/aromatic N) is 2. The average Bonchev–Trinajstić information content (AvgIpc) is 3.52. The summed E-state index contributed by atoms with van der Waals surface area (Å²) in [6.07, 6.45) is 5.08. The van der Waals surface area contributed by atoms with Crippen LogP contribution in [-0.2, 0) is 0 Å². The summed E-state index contributed by atoms with van der Waals surface area (Å²) in [4.78, 5) is 26.2. The first kappa shape index (κ1) is 21.1. The van der Waals surface area contributed by atoms with Crippen molar-refractivity contribution in [3.63, 3.8) is 0 Å². The Morgan fingerprint density at radius 1 is 1.34 bits per heavy atom. The van der Waals surface area contributed by atoms with E-state index in [9.17, 15) is 14.7 Å². The van der Waals surface area contributed by atoms with Gasteiger partial charge in [0.05, 0.1) is 18.0 Å². The summed E-state index contributed by atoms with van der Waals surface area (Å²) in [6.45, 7) is 1.33. The number of methoxy groups -OCH3 is 1. The van der Waals surface area contributed by atoms with Crippen LogP contribution < -0.4 is 20.4 Å². The molecule has 1 aromatic heterocycles. The zero-order chi connectivity index (χ0) is 20.0. The molecule has 2 heterocycles. The number of aromatic nitrogens is 1. The topological polar surface area (TPSA) is 115 Å². The average molecular weight is 407 g/mol. The van der Waals surface area contributed by atoms with Crippen LogP contribution in [0.2, 0.25) is 0 Å². The Morgan fingerprint density at radius 3 is 2.66 bits per heavy atom. The standard InChI is InChI=1S/C20H24FN3O4.H2O/c1-22-11-4-3-7-23(9-11)17-15(21)8-13-16(19(17)28-2)24(12-5-6-12)10-14(18(13)25)20(26)27;/h8,10-12,22H,3-7,9H2,1-2H3,(H,26,27);1H2. The highest BCUT2D eigenvalue weighted by atomic mass is 19.1. The lowest BCUT2D eigenvalue weighted by Crippen LogP contribution is -2.45. The Balaban J connectivity index is 0.00000240. The maximum atomic E-state index is 15.2. The number of hydrogen-bond acceptors (Lipinski definition) is 5. The summed E-state index contributed by atoms with van der Waals surface area (Å²) in [7, 11) is 3.35. The van der Waals surface area contributed by atoms with E-state index < -0.39 is 17.2 Å². The van der Waals surface area contributed by atoms with E-state index >= 15 is 4.39 Å². The minimum Gasteiger partial charge on any atom is -0.492 e. The van der Waals surface area contributed by atoms with Gasteiger partial charge < -0.3 is 30.1 Å². The SMILES string of the molecule is CNC1CCCN(c2c(F)cc3c(=O)c(C(=O)O)cn(C4CC4)c3c2OC)C1.O. The number of carboxylic acid groups (broad SMARTS) is 1. The number of aromatic carboxylic acids is 1. The van der Waals surface area contributed by atoms with Gasteiger partial charge in [-0.2, -0.15) is 0 Å². The highest BCUT2D eigenvalue weighted by molar-refractivity contribution is 5.97. The van der Waals surface area contributed by atoms with Crippen LogP contribution in [0.3, 0.4) is 0 Å². The second-order valence-electron chi connectivity index (χ2n) is 7.53. The number of carboxylic acids is 1. The second-order valence-corrected chi connectivity index (χ2v) is 7.53. The van der Waals surface area contributed by atoms with Gasteiger partial charge in [-0.3, -0.25) is 4.79 Å². The molecule has 1 aliphatic heterocycles. The quantitative estimate of drug-likeness (QED) is 0.777. The molecule has 1 atom stereocenters.